The van der Waals surface area contributed by atoms with Gasteiger partial charge in [0.2, 0.25) is 0 Å². The van der Waals surface area contributed by atoms with Crippen molar-refractivity contribution < 1.29 is 9.13 Å². The first-order valence-electron chi connectivity index (χ1n) is 12.0. The van der Waals surface area contributed by atoms with Gasteiger partial charge in [-0.1, -0.05) is 18.2 Å². The molecule has 3 aromatic heterocycles. The average molecular weight is 493 g/mol. The van der Waals surface area contributed by atoms with Gasteiger partial charge < -0.3 is 15.5 Å². The first-order valence-corrected chi connectivity index (χ1v) is 12.0. The van der Waals surface area contributed by atoms with E-state index in [0.29, 0.717) is 25.4 Å². The van der Waals surface area contributed by atoms with Crippen LogP contribution in [0.3, 0.4) is 0 Å². The third-order valence-electron chi connectivity index (χ3n) is 6.60. The lowest BCUT2D eigenvalue weighted by atomic mass is 9.96. The fraction of sp³-hybridized carbons (Fsp3) is 0.138. The summed E-state index contributed by atoms with van der Waals surface area (Å²) in [6.45, 7) is 1.13. The number of hydrogen-bond donors (Lipinski definition) is 3. The van der Waals surface area contributed by atoms with E-state index in [1.165, 1.54) is 12.1 Å². The minimum atomic E-state index is -0.268. The molecule has 184 valence electrons. The second-order valence-corrected chi connectivity index (χ2v) is 9.01. The van der Waals surface area contributed by atoms with Crippen molar-refractivity contribution in [1.82, 2.24) is 20.3 Å². The van der Waals surface area contributed by atoms with E-state index >= 15 is 0 Å². The molecule has 1 aliphatic heterocycles. The topological polar surface area (TPSA) is 101 Å². The van der Waals surface area contributed by atoms with E-state index in [-0.39, 0.29) is 5.82 Å². The number of allylic oxidation sites excluding steroid dienone is 3. The van der Waals surface area contributed by atoms with Gasteiger partial charge in [0.25, 0.3) is 0 Å². The number of nitrogens with one attached hydrogen (secondary N) is 2. The molecule has 0 fully saturated rings. The number of ether oxygens (including phenoxy) is 1. The third kappa shape index (κ3) is 4.43. The Morgan fingerprint density at radius 3 is 2.68 bits per heavy atom. The number of rotatable bonds is 4. The third-order valence-corrected chi connectivity index (χ3v) is 6.60. The maximum atomic E-state index is 13.6. The number of aromatic nitrogens is 3. The number of nitrogens with two attached hydrogens (primary N) is 1. The van der Waals surface area contributed by atoms with E-state index in [2.05, 4.69) is 32.4 Å². The van der Waals surface area contributed by atoms with Gasteiger partial charge in [-0.2, -0.15) is 0 Å². The largest absolute Gasteiger partial charge is 0.495 e. The quantitative estimate of drug-likeness (QED) is 0.393. The summed E-state index contributed by atoms with van der Waals surface area (Å²) < 4.78 is 19.0. The van der Waals surface area contributed by atoms with Crippen LogP contribution in [-0.2, 0) is 13.0 Å². The Hall–Kier alpha value is -4.56. The van der Waals surface area contributed by atoms with E-state index in [1.54, 1.807) is 31.6 Å². The van der Waals surface area contributed by atoms with Crippen LogP contribution >= 0.6 is 0 Å². The predicted octanol–water partition coefficient (Wildman–Crippen LogP) is 4.35. The summed E-state index contributed by atoms with van der Waals surface area (Å²) in [5.41, 5.74) is 16.3. The van der Waals surface area contributed by atoms with Crippen LogP contribution in [0, 0.1) is 5.82 Å². The number of aromatic amines is 1. The van der Waals surface area contributed by atoms with Crippen LogP contribution in [0.25, 0.3) is 16.8 Å². The average Bonchev–Trinajstić information content (AvgIpc) is 3.11. The summed E-state index contributed by atoms with van der Waals surface area (Å²) in [5, 5.41) is 3.35. The first-order chi connectivity index (χ1) is 18.1. The summed E-state index contributed by atoms with van der Waals surface area (Å²) in [5.74, 6) is 0.402. The highest BCUT2D eigenvalue weighted by Crippen LogP contribution is 2.33. The lowest BCUT2D eigenvalue weighted by Gasteiger charge is -2.11. The standard InChI is InChI=1S/C29H25FN6O/c1-37-22-8-18(12-32-15-22)26-10-24-19(14-34-26)13-33-16-35-29(24)28-11-25-23(17-2-4-20(30)5-3-17)7-6-21(31)9-27(25)36-28/h2-8,10-12,14-15,33,36H,9,13,16,31H2,1H3. The van der Waals surface area contributed by atoms with E-state index in [0.717, 1.165) is 61.9 Å². The molecule has 1 aromatic carbocycles. The van der Waals surface area contributed by atoms with E-state index in [1.807, 2.05) is 24.4 Å². The monoisotopic (exact) mass is 492 g/mol. The minimum absolute atomic E-state index is 0.268. The molecule has 0 atom stereocenters. The second kappa shape index (κ2) is 9.48. The molecule has 8 heteroatoms. The van der Waals surface area contributed by atoms with Crippen molar-refractivity contribution in [1.29, 1.82) is 0 Å². The number of benzene rings is 1. The van der Waals surface area contributed by atoms with Crippen molar-refractivity contribution in [2.75, 3.05) is 13.8 Å². The highest BCUT2D eigenvalue weighted by Gasteiger charge is 2.22. The second-order valence-electron chi connectivity index (χ2n) is 9.01. The maximum Gasteiger partial charge on any atom is 0.137 e. The predicted molar refractivity (Wildman–Crippen MR) is 142 cm³/mol. The van der Waals surface area contributed by atoms with Crippen molar-refractivity contribution >= 4 is 11.3 Å². The molecule has 0 saturated carbocycles. The van der Waals surface area contributed by atoms with Crippen LogP contribution in [0.1, 0.15) is 33.6 Å². The van der Waals surface area contributed by atoms with Gasteiger partial charge in [0.1, 0.15) is 11.6 Å². The Kier molecular flexibility index (Phi) is 5.86. The molecule has 0 unspecified atom stereocenters. The van der Waals surface area contributed by atoms with Gasteiger partial charge in [-0.05, 0) is 53.1 Å². The number of aliphatic imine (C=N–C) groups is 1. The van der Waals surface area contributed by atoms with Crippen molar-refractivity contribution in [3.8, 4) is 17.0 Å². The zero-order valence-corrected chi connectivity index (χ0v) is 20.3. The van der Waals surface area contributed by atoms with Gasteiger partial charge in [0, 0.05) is 53.4 Å². The Morgan fingerprint density at radius 1 is 0.973 bits per heavy atom. The maximum absolute atomic E-state index is 13.6. The van der Waals surface area contributed by atoms with Crippen LogP contribution in [-0.4, -0.2) is 34.4 Å². The molecule has 4 aromatic rings. The van der Waals surface area contributed by atoms with Crippen LogP contribution < -0.4 is 15.8 Å². The molecular formula is C29H25FN6O. The molecular weight excluding hydrogens is 467 g/mol. The summed E-state index contributed by atoms with van der Waals surface area (Å²) in [6.07, 6.45) is 9.81. The highest BCUT2D eigenvalue weighted by atomic mass is 19.1. The lowest BCUT2D eigenvalue weighted by molar-refractivity contribution is 0.413. The number of pyridine rings is 2. The molecule has 2 aliphatic rings. The summed E-state index contributed by atoms with van der Waals surface area (Å²) >= 11 is 0. The molecule has 4 heterocycles. The fourth-order valence-electron chi connectivity index (χ4n) is 4.74. The number of H-pyrrole nitrogens is 1. The van der Waals surface area contributed by atoms with Gasteiger partial charge >= 0.3 is 0 Å². The molecule has 0 radical (unpaired) electrons. The summed E-state index contributed by atoms with van der Waals surface area (Å²) in [4.78, 5) is 17.4. The van der Waals surface area contributed by atoms with E-state index in [9.17, 15) is 4.39 Å². The molecule has 37 heavy (non-hydrogen) atoms. The Morgan fingerprint density at radius 2 is 1.84 bits per heavy atom. The molecule has 6 rings (SSSR count). The molecule has 4 N–H and O–H groups in total. The number of methoxy groups -OCH3 is 1. The zero-order chi connectivity index (χ0) is 25.4. The van der Waals surface area contributed by atoms with Crippen molar-refractivity contribution in [2.24, 2.45) is 10.7 Å². The minimum Gasteiger partial charge on any atom is -0.495 e. The normalized spacial score (nSPS) is 14.9. The highest BCUT2D eigenvalue weighted by molar-refractivity contribution is 6.14. The van der Waals surface area contributed by atoms with Crippen LogP contribution in [0.5, 0.6) is 5.75 Å². The van der Waals surface area contributed by atoms with Crippen LogP contribution in [0.2, 0.25) is 0 Å². The van der Waals surface area contributed by atoms with Crippen molar-refractivity contribution in [3.63, 3.8) is 0 Å². The fourth-order valence-corrected chi connectivity index (χ4v) is 4.74. The Balaban J connectivity index is 1.45. The van der Waals surface area contributed by atoms with Crippen molar-refractivity contribution in [2.45, 2.75) is 13.0 Å². The first kappa shape index (κ1) is 22.9. The number of nitrogens with zero attached hydrogens (tertiary/aromatic N) is 3. The molecule has 0 spiro atoms. The molecule has 0 bridgehead atoms. The number of fused-ring (bicyclic) bond motifs is 2. The van der Waals surface area contributed by atoms with Crippen molar-refractivity contribution in [3.05, 3.63) is 118 Å². The summed E-state index contributed by atoms with van der Waals surface area (Å²) in [6, 6.07) is 12.6. The molecule has 0 saturated heterocycles. The molecule has 0 amide bonds. The van der Waals surface area contributed by atoms with Gasteiger partial charge in [-0.3, -0.25) is 20.3 Å². The Labute approximate surface area is 213 Å². The smallest absolute Gasteiger partial charge is 0.137 e. The lowest BCUT2D eigenvalue weighted by Crippen LogP contribution is -2.11. The van der Waals surface area contributed by atoms with Gasteiger partial charge in [0.05, 0.1) is 37.1 Å². The van der Waals surface area contributed by atoms with E-state index in [4.69, 9.17) is 15.5 Å². The SMILES string of the molecule is COc1cncc(-c2cc3c(cn2)CNCN=C3c2cc3c([nH]2)CC(N)=CC=C3c2ccc(F)cc2)c1. The molecule has 1 aliphatic carbocycles. The number of halogens is 1. The number of hydrogen-bond acceptors (Lipinski definition) is 6. The molecule has 7 nitrogen and oxygen atoms in total. The van der Waals surface area contributed by atoms with E-state index < -0.39 is 0 Å². The Bertz CT molecular complexity index is 1580. The van der Waals surface area contributed by atoms with Gasteiger partial charge in [0.15, 0.2) is 0 Å². The van der Waals surface area contributed by atoms with Crippen LogP contribution in [0.15, 0.2) is 83.9 Å². The zero-order valence-electron chi connectivity index (χ0n) is 20.3. The summed E-state index contributed by atoms with van der Waals surface area (Å²) in [7, 11) is 1.62. The van der Waals surface area contributed by atoms with Crippen LogP contribution in [0.4, 0.5) is 4.39 Å². The van der Waals surface area contributed by atoms with Gasteiger partial charge in [-0.15, -0.1) is 0 Å². The van der Waals surface area contributed by atoms with Gasteiger partial charge in [-0.25, -0.2) is 4.39 Å².